The van der Waals surface area contributed by atoms with E-state index in [1.54, 1.807) is 11.3 Å². The van der Waals surface area contributed by atoms with E-state index in [-0.39, 0.29) is 12.1 Å². The second-order valence-corrected chi connectivity index (χ2v) is 8.41. The Kier molecular flexibility index (Phi) is 5.46. The zero-order chi connectivity index (χ0) is 19.7. The lowest BCUT2D eigenvalue weighted by atomic mass is 9.96. The Bertz CT molecular complexity index is 949. The number of thiocarbonyl (C=S) groups is 1. The zero-order valence-electron chi connectivity index (χ0n) is 16.4. The molecular weight excluding hydrogens is 386 g/mol. The van der Waals surface area contributed by atoms with Gasteiger partial charge in [-0.2, -0.15) is 0 Å². The molecule has 1 N–H and O–H groups in total. The lowest BCUT2D eigenvalue weighted by molar-refractivity contribution is 0.312. The molecule has 0 unspecified atom stereocenters. The first kappa shape index (κ1) is 19.1. The van der Waals surface area contributed by atoms with Gasteiger partial charge >= 0.3 is 0 Å². The molecule has 1 fully saturated rings. The second kappa shape index (κ2) is 8.01. The highest BCUT2D eigenvalue weighted by Crippen LogP contribution is 2.41. The molecule has 7 heteroatoms. The molecule has 1 aliphatic rings. The van der Waals surface area contributed by atoms with Crippen LogP contribution in [0.1, 0.15) is 54.5 Å². The summed E-state index contributed by atoms with van der Waals surface area (Å²) in [5.74, 6) is 0. The van der Waals surface area contributed by atoms with Gasteiger partial charge in [0.25, 0.3) is 0 Å². The molecule has 0 aromatic carbocycles. The minimum atomic E-state index is 0.0378. The van der Waals surface area contributed by atoms with Crippen LogP contribution in [0.5, 0.6) is 0 Å². The lowest BCUT2D eigenvalue weighted by Gasteiger charge is -2.28. The topological polar surface area (TPSA) is 46.0 Å². The van der Waals surface area contributed by atoms with Crippen molar-refractivity contribution in [3.8, 4) is 5.13 Å². The highest BCUT2D eigenvalue weighted by atomic mass is 32.1. The van der Waals surface area contributed by atoms with E-state index in [0.717, 1.165) is 35.3 Å². The number of nitrogens with one attached hydrogen (secondary N) is 1. The first-order chi connectivity index (χ1) is 13.6. The number of hydrogen-bond donors (Lipinski definition) is 1. The number of nitrogens with zero attached hydrogens (tertiary/aromatic N) is 4. The maximum atomic E-state index is 5.74. The van der Waals surface area contributed by atoms with Crippen LogP contribution in [0, 0.1) is 13.8 Å². The molecule has 146 valence electrons. The Hall–Kier alpha value is -2.25. The molecule has 0 bridgehead atoms. The molecule has 4 rings (SSSR count). The van der Waals surface area contributed by atoms with Gasteiger partial charge in [-0.05, 0) is 56.2 Å². The van der Waals surface area contributed by atoms with E-state index in [1.165, 1.54) is 17.0 Å². The number of thiazole rings is 1. The van der Waals surface area contributed by atoms with E-state index >= 15 is 0 Å². The Morgan fingerprint density at radius 3 is 2.75 bits per heavy atom. The molecule has 0 amide bonds. The van der Waals surface area contributed by atoms with Crippen LogP contribution < -0.4 is 5.32 Å². The third-order valence-electron chi connectivity index (χ3n) is 5.35. The van der Waals surface area contributed by atoms with Gasteiger partial charge in [0.2, 0.25) is 0 Å². The molecule has 0 spiro atoms. The third kappa shape index (κ3) is 3.33. The van der Waals surface area contributed by atoms with E-state index in [0.29, 0.717) is 0 Å². The molecule has 1 saturated heterocycles. The van der Waals surface area contributed by atoms with Crippen molar-refractivity contribution >= 4 is 28.7 Å². The molecule has 1 aliphatic heterocycles. The molecule has 5 nitrogen and oxygen atoms in total. The Morgan fingerprint density at radius 1 is 1.21 bits per heavy atom. The predicted molar refractivity (Wildman–Crippen MR) is 118 cm³/mol. The molecule has 4 heterocycles. The summed E-state index contributed by atoms with van der Waals surface area (Å²) >= 11 is 7.40. The van der Waals surface area contributed by atoms with Crippen LogP contribution in [-0.4, -0.2) is 31.1 Å². The van der Waals surface area contributed by atoms with Gasteiger partial charge in [0.05, 0.1) is 17.8 Å². The number of aryl methyl sites for hydroxylation is 1. The monoisotopic (exact) mass is 411 g/mol. The smallest absolute Gasteiger partial charge is 0.193 e. The van der Waals surface area contributed by atoms with Gasteiger partial charge in [-0.25, -0.2) is 4.98 Å². The van der Waals surface area contributed by atoms with Crippen LogP contribution in [-0.2, 0) is 0 Å². The quantitative estimate of drug-likeness (QED) is 0.595. The fourth-order valence-corrected chi connectivity index (χ4v) is 5.10. The molecular formula is C21H25N5S2. The van der Waals surface area contributed by atoms with Crippen LogP contribution in [0.3, 0.4) is 0 Å². The van der Waals surface area contributed by atoms with Crippen molar-refractivity contribution in [3.63, 3.8) is 0 Å². The summed E-state index contributed by atoms with van der Waals surface area (Å²) in [5, 5.41) is 7.38. The summed E-state index contributed by atoms with van der Waals surface area (Å²) in [7, 11) is 0. The van der Waals surface area contributed by atoms with Gasteiger partial charge in [0.15, 0.2) is 10.2 Å². The van der Waals surface area contributed by atoms with Crippen molar-refractivity contribution in [3.05, 3.63) is 64.7 Å². The maximum absolute atomic E-state index is 5.74. The highest BCUT2D eigenvalue weighted by Gasteiger charge is 2.41. The predicted octanol–water partition coefficient (Wildman–Crippen LogP) is 4.72. The fourth-order valence-electron chi connectivity index (χ4n) is 4.02. The molecule has 0 aliphatic carbocycles. The number of unbranched alkanes of at least 4 members (excludes halogenated alkanes) is 1. The van der Waals surface area contributed by atoms with Crippen LogP contribution in [0.2, 0.25) is 0 Å². The number of aromatic nitrogens is 3. The van der Waals surface area contributed by atoms with Gasteiger partial charge in [-0.3, -0.25) is 9.55 Å². The Labute approximate surface area is 175 Å². The fraction of sp³-hybridized carbons (Fsp3) is 0.381. The standard InChI is InChI=1S/C21H25N5S2/c1-4-5-11-25-19(18(24-20(25)27)17-8-6-7-9-22-17)16-13-14(2)26(15(16)3)21-23-10-12-28-21/h6-10,12-13,18-19H,4-5,11H2,1-3H3,(H,24,27)/t18-,19+/m0/s1. The molecule has 0 radical (unpaired) electrons. The molecule has 2 atom stereocenters. The summed E-state index contributed by atoms with van der Waals surface area (Å²) in [6.45, 7) is 7.48. The first-order valence-electron chi connectivity index (χ1n) is 9.68. The summed E-state index contributed by atoms with van der Waals surface area (Å²) in [6.07, 6.45) is 5.95. The van der Waals surface area contributed by atoms with Gasteiger partial charge in [-0.1, -0.05) is 19.4 Å². The van der Waals surface area contributed by atoms with Crippen LogP contribution >= 0.6 is 23.6 Å². The van der Waals surface area contributed by atoms with Gasteiger partial charge in [-0.15, -0.1) is 11.3 Å². The number of pyridine rings is 1. The number of hydrogen-bond acceptors (Lipinski definition) is 4. The minimum absolute atomic E-state index is 0.0378. The van der Waals surface area contributed by atoms with Crippen LogP contribution in [0.15, 0.2) is 42.0 Å². The maximum Gasteiger partial charge on any atom is 0.193 e. The van der Waals surface area contributed by atoms with Crippen molar-refractivity contribution in [1.82, 2.24) is 24.8 Å². The largest absolute Gasteiger partial charge is 0.352 e. The molecule has 0 saturated carbocycles. The van der Waals surface area contributed by atoms with Crippen molar-refractivity contribution in [2.75, 3.05) is 6.54 Å². The van der Waals surface area contributed by atoms with Gasteiger partial charge in [0.1, 0.15) is 0 Å². The number of rotatable bonds is 6. The minimum Gasteiger partial charge on any atom is -0.352 e. The van der Waals surface area contributed by atoms with Crippen molar-refractivity contribution < 1.29 is 0 Å². The SMILES string of the molecule is CCCCN1C(=S)N[C@@H](c2ccccn2)[C@H]1c1cc(C)n(-c2nccs2)c1C. The van der Waals surface area contributed by atoms with Gasteiger partial charge < -0.3 is 10.2 Å². The van der Waals surface area contributed by atoms with Crippen molar-refractivity contribution in [2.24, 2.45) is 0 Å². The zero-order valence-corrected chi connectivity index (χ0v) is 18.1. The summed E-state index contributed by atoms with van der Waals surface area (Å²) in [6, 6.07) is 8.51. The van der Waals surface area contributed by atoms with Crippen molar-refractivity contribution in [1.29, 1.82) is 0 Å². The van der Waals surface area contributed by atoms with E-state index in [2.05, 4.69) is 57.7 Å². The summed E-state index contributed by atoms with van der Waals surface area (Å²) < 4.78 is 2.24. The highest BCUT2D eigenvalue weighted by molar-refractivity contribution is 7.80. The molecule has 3 aromatic heterocycles. The van der Waals surface area contributed by atoms with Gasteiger partial charge in [0, 0.05) is 35.7 Å². The van der Waals surface area contributed by atoms with E-state index < -0.39 is 0 Å². The van der Waals surface area contributed by atoms with E-state index in [4.69, 9.17) is 12.2 Å². The lowest BCUT2D eigenvalue weighted by Crippen LogP contribution is -2.30. The molecule has 3 aromatic rings. The van der Waals surface area contributed by atoms with Crippen molar-refractivity contribution in [2.45, 2.75) is 45.7 Å². The Morgan fingerprint density at radius 2 is 2.07 bits per heavy atom. The summed E-state index contributed by atoms with van der Waals surface area (Å²) in [4.78, 5) is 11.5. The normalized spacial score (nSPS) is 19.2. The Balaban J connectivity index is 1.81. The first-order valence-corrected chi connectivity index (χ1v) is 11.0. The average molecular weight is 412 g/mol. The van der Waals surface area contributed by atoms with Crippen LogP contribution in [0.25, 0.3) is 5.13 Å². The second-order valence-electron chi connectivity index (χ2n) is 7.15. The summed E-state index contributed by atoms with van der Waals surface area (Å²) in [5.41, 5.74) is 4.71. The third-order valence-corrected chi connectivity index (χ3v) is 6.46. The van der Waals surface area contributed by atoms with Crippen LogP contribution in [0.4, 0.5) is 0 Å². The average Bonchev–Trinajstić information content (AvgIpc) is 3.39. The molecule has 28 heavy (non-hydrogen) atoms. The van der Waals surface area contributed by atoms with E-state index in [1.807, 2.05) is 29.9 Å². The van der Waals surface area contributed by atoms with E-state index in [9.17, 15) is 0 Å².